The molecule has 0 amide bonds. The molecule has 0 bridgehead atoms. The zero-order valence-corrected chi connectivity index (χ0v) is 12.4. The first kappa shape index (κ1) is 15.9. The second-order valence-electron chi connectivity index (χ2n) is 5.41. The Kier molecular flexibility index (Phi) is 4.90. The molecule has 21 heavy (non-hydrogen) atoms. The lowest BCUT2D eigenvalue weighted by atomic mass is 9.97. The maximum absolute atomic E-state index is 12.9. The number of anilines is 2. The number of aromatic nitrogens is 2. The van der Waals surface area contributed by atoms with E-state index in [1.165, 1.54) is 0 Å². The lowest BCUT2D eigenvalue weighted by Crippen LogP contribution is -2.42. The average Bonchev–Trinajstić information content (AvgIpc) is 2.44. The molecule has 2 heterocycles. The van der Waals surface area contributed by atoms with Crippen molar-refractivity contribution >= 4 is 11.6 Å². The molecule has 1 aliphatic heterocycles. The number of hydrogen-bond donors (Lipinski definition) is 1. The highest BCUT2D eigenvalue weighted by Crippen LogP contribution is 2.34. The zero-order valence-electron chi connectivity index (χ0n) is 12.4. The molecule has 0 aromatic carbocycles. The monoisotopic (exact) mass is 302 g/mol. The summed E-state index contributed by atoms with van der Waals surface area (Å²) < 4.78 is 38.7. The van der Waals surface area contributed by atoms with E-state index in [9.17, 15) is 13.2 Å². The van der Waals surface area contributed by atoms with Crippen molar-refractivity contribution in [1.29, 1.82) is 0 Å². The molecule has 1 aromatic rings. The van der Waals surface area contributed by atoms with Gasteiger partial charge in [0.15, 0.2) is 0 Å². The van der Waals surface area contributed by atoms with Crippen LogP contribution in [0.25, 0.3) is 0 Å². The molecule has 1 aliphatic rings. The third kappa shape index (κ3) is 4.22. The van der Waals surface area contributed by atoms with Crippen molar-refractivity contribution in [2.75, 3.05) is 29.9 Å². The zero-order chi connectivity index (χ0) is 15.5. The van der Waals surface area contributed by atoms with Crippen molar-refractivity contribution in [3.8, 4) is 0 Å². The minimum Gasteiger partial charge on any atom is -0.370 e. The molecule has 0 spiro atoms. The van der Waals surface area contributed by atoms with Gasteiger partial charge in [-0.25, -0.2) is 9.97 Å². The summed E-state index contributed by atoms with van der Waals surface area (Å²) in [5.74, 6) is 0.553. The molecule has 0 saturated carbocycles. The number of piperidine rings is 1. The van der Waals surface area contributed by atoms with Gasteiger partial charge in [0.25, 0.3) is 0 Å². The summed E-state index contributed by atoms with van der Waals surface area (Å²) in [7, 11) is 0. The van der Waals surface area contributed by atoms with Crippen molar-refractivity contribution in [1.82, 2.24) is 9.97 Å². The van der Waals surface area contributed by atoms with Gasteiger partial charge in [0, 0.05) is 25.7 Å². The first-order valence-corrected chi connectivity index (χ1v) is 7.31. The number of rotatable bonds is 4. The van der Waals surface area contributed by atoms with Crippen LogP contribution in [0.4, 0.5) is 24.8 Å². The van der Waals surface area contributed by atoms with Crippen LogP contribution in [0.2, 0.25) is 0 Å². The van der Waals surface area contributed by atoms with Crippen LogP contribution in [0.15, 0.2) is 6.07 Å². The van der Waals surface area contributed by atoms with Gasteiger partial charge in [-0.3, -0.25) is 0 Å². The van der Waals surface area contributed by atoms with Crippen molar-refractivity contribution in [3.05, 3.63) is 11.9 Å². The third-order valence-corrected chi connectivity index (χ3v) is 3.59. The van der Waals surface area contributed by atoms with E-state index < -0.39 is 12.1 Å². The van der Waals surface area contributed by atoms with E-state index in [0.717, 1.165) is 13.0 Å². The summed E-state index contributed by atoms with van der Waals surface area (Å²) in [6.07, 6.45) is -2.45. The summed E-state index contributed by atoms with van der Waals surface area (Å²) in [6, 6.07) is 1.74. The maximum Gasteiger partial charge on any atom is 0.393 e. The van der Waals surface area contributed by atoms with Crippen LogP contribution in [0.5, 0.6) is 0 Å². The van der Waals surface area contributed by atoms with E-state index in [-0.39, 0.29) is 13.0 Å². The van der Waals surface area contributed by atoms with Gasteiger partial charge in [-0.2, -0.15) is 13.2 Å². The molecular weight excluding hydrogens is 281 g/mol. The molecule has 7 heteroatoms. The smallest absolute Gasteiger partial charge is 0.370 e. The SMILES string of the molecule is CCCNc1cc(N2CCCC(C(F)(F)F)C2)nc(C)n1. The summed E-state index contributed by atoms with van der Waals surface area (Å²) >= 11 is 0. The summed E-state index contributed by atoms with van der Waals surface area (Å²) in [5, 5.41) is 3.16. The minimum absolute atomic E-state index is 0.0207. The van der Waals surface area contributed by atoms with Gasteiger partial charge in [-0.15, -0.1) is 0 Å². The summed E-state index contributed by atoms with van der Waals surface area (Å²) in [6.45, 7) is 5.16. The number of alkyl halides is 3. The number of nitrogens with one attached hydrogen (secondary N) is 1. The van der Waals surface area contributed by atoms with E-state index in [2.05, 4.69) is 15.3 Å². The number of halogens is 3. The molecule has 1 unspecified atom stereocenters. The maximum atomic E-state index is 12.9. The standard InChI is InChI=1S/C14H21F3N4/c1-3-6-18-12-8-13(20-10(2)19-12)21-7-4-5-11(9-21)14(15,16)17/h8,11H,3-7,9H2,1-2H3,(H,18,19,20). The lowest BCUT2D eigenvalue weighted by Gasteiger charge is -2.34. The quantitative estimate of drug-likeness (QED) is 0.925. The van der Waals surface area contributed by atoms with Gasteiger partial charge >= 0.3 is 6.18 Å². The van der Waals surface area contributed by atoms with Crippen LogP contribution < -0.4 is 10.2 Å². The third-order valence-electron chi connectivity index (χ3n) is 3.59. The predicted octanol–water partition coefficient (Wildman–Crippen LogP) is 3.39. The molecule has 0 aliphatic carbocycles. The Morgan fingerprint density at radius 2 is 2.14 bits per heavy atom. The van der Waals surface area contributed by atoms with E-state index in [1.807, 2.05) is 6.92 Å². The van der Waals surface area contributed by atoms with E-state index >= 15 is 0 Å². The Bertz CT molecular complexity index is 476. The summed E-state index contributed by atoms with van der Waals surface area (Å²) in [5.41, 5.74) is 0. The van der Waals surface area contributed by atoms with Crippen LogP contribution >= 0.6 is 0 Å². The molecule has 1 aromatic heterocycles. The topological polar surface area (TPSA) is 41.0 Å². The molecule has 1 saturated heterocycles. The van der Waals surface area contributed by atoms with Crippen LogP contribution in [0, 0.1) is 12.8 Å². The van der Waals surface area contributed by atoms with Gasteiger partial charge in [0.2, 0.25) is 0 Å². The lowest BCUT2D eigenvalue weighted by molar-refractivity contribution is -0.176. The van der Waals surface area contributed by atoms with E-state index in [4.69, 9.17) is 0 Å². The highest BCUT2D eigenvalue weighted by atomic mass is 19.4. The molecule has 118 valence electrons. The second kappa shape index (κ2) is 6.49. The Morgan fingerprint density at radius 3 is 2.81 bits per heavy atom. The molecule has 1 fully saturated rings. The fraction of sp³-hybridized carbons (Fsp3) is 0.714. The first-order valence-electron chi connectivity index (χ1n) is 7.31. The normalized spacial score (nSPS) is 19.7. The highest BCUT2D eigenvalue weighted by molar-refractivity contribution is 5.49. The number of hydrogen-bond acceptors (Lipinski definition) is 4. The van der Waals surface area contributed by atoms with Crippen molar-refractivity contribution < 1.29 is 13.2 Å². The Hall–Kier alpha value is -1.53. The summed E-state index contributed by atoms with van der Waals surface area (Å²) in [4.78, 5) is 10.3. The van der Waals surface area contributed by atoms with Gasteiger partial charge in [0.1, 0.15) is 17.5 Å². The second-order valence-corrected chi connectivity index (χ2v) is 5.41. The molecule has 1 N–H and O–H groups in total. The first-order chi connectivity index (χ1) is 9.90. The van der Waals surface area contributed by atoms with Crippen LogP contribution in [0.1, 0.15) is 32.0 Å². The number of aryl methyl sites for hydroxylation is 1. The van der Waals surface area contributed by atoms with E-state index in [0.29, 0.717) is 30.4 Å². The van der Waals surface area contributed by atoms with Gasteiger partial charge in [-0.05, 0) is 26.2 Å². The molecule has 1 atom stereocenters. The van der Waals surface area contributed by atoms with Crippen LogP contribution in [-0.4, -0.2) is 35.8 Å². The fourth-order valence-corrected chi connectivity index (χ4v) is 2.51. The fourth-order valence-electron chi connectivity index (χ4n) is 2.51. The highest BCUT2D eigenvalue weighted by Gasteiger charge is 2.42. The Balaban J connectivity index is 2.15. The van der Waals surface area contributed by atoms with Crippen molar-refractivity contribution in [2.45, 2.75) is 39.3 Å². The predicted molar refractivity (Wildman–Crippen MR) is 76.5 cm³/mol. The molecular formula is C14H21F3N4. The van der Waals surface area contributed by atoms with Crippen molar-refractivity contribution in [3.63, 3.8) is 0 Å². The van der Waals surface area contributed by atoms with Gasteiger partial charge in [0.05, 0.1) is 5.92 Å². The Morgan fingerprint density at radius 1 is 1.38 bits per heavy atom. The largest absolute Gasteiger partial charge is 0.393 e. The van der Waals surface area contributed by atoms with Crippen LogP contribution in [0.3, 0.4) is 0 Å². The molecule has 2 rings (SSSR count). The van der Waals surface area contributed by atoms with Crippen LogP contribution in [-0.2, 0) is 0 Å². The Labute approximate surface area is 122 Å². The molecule has 0 radical (unpaired) electrons. The number of nitrogens with zero attached hydrogens (tertiary/aromatic N) is 3. The van der Waals surface area contributed by atoms with Crippen molar-refractivity contribution in [2.24, 2.45) is 5.92 Å². The molecule has 4 nitrogen and oxygen atoms in total. The minimum atomic E-state index is -4.13. The van der Waals surface area contributed by atoms with E-state index in [1.54, 1.807) is 17.9 Å². The average molecular weight is 302 g/mol. The van der Waals surface area contributed by atoms with Gasteiger partial charge < -0.3 is 10.2 Å². The van der Waals surface area contributed by atoms with Gasteiger partial charge in [-0.1, -0.05) is 6.92 Å².